The van der Waals surface area contributed by atoms with Crippen molar-refractivity contribution in [3.8, 4) is 0 Å². The Morgan fingerprint density at radius 1 is 1.61 bits per heavy atom. The number of benzene rings is 1. The van der Waals surface area contributed by atoms with Gasteiger partial charge in [0.05, 0.1) is 6.04 Å². The molecule has 0 fully saturated rings. The number of hydrogen-bond donors (Lipinski definition) is 2. The van der Waals surface area contributed by atoms with E-state index < -0.39 is 5.91 Å². The van der Waals surface area contributed by atoms with E-state index in [9.17, 15) is 4.79 Å². The monoisotopic (exact) mass is 263 g/mol. The summed E-state index contributed by atoms with van der Waals surface area (Å²) in [6.07, 6.45) is 2.20. The van der Waals surface area contributed by atoms with Gasteiger partial charge in [-0.15, -0.1) is 0 Å². The maximum atomic E-state index is 11.1. The van der Waals surface area contributed by atoms with Crippen LogP contribution in [-0.2, 0) is 0 Å². The van der Waals surface area contributed by atoms with Gasteiger partial charge in [0.15, 0.2) is 5.17 Å². The van der Waals surface area contributed by atoms with E-state index >= 15 is 0 Å². The molecule has 0 spiro atoms. The van der Waals surface area contributed by atoms with E-state index in [0.717, 1.165) is 29.4 Å². The first-order valence-corrected chi connectivity index (χ1v) is 7.05. The van der Waals surface area contributed by atoms with Crippen LogP contribution in [0.25, 0.3) is 0 Å². The molecule has 1 amide bonds. The quantitative estimate of drug-likeness (QED) is 0.880. The number of hydrogen-bond acceptors (Lipinski definition) is 4. The van der Waals surface area contributed by atoms with Crippen molar-refractivity contribution in [2.45, 2.75) is 25.8 Å². The van der Waals surface area contributed by atoms with E-state index in [1.54, 1.807) is 23.9 Å². The van der Waals surface area contributed by atoms with Crippen LogP contribution >= 0.6 is 11.8 Å². The van der Waals surface area contributed by atoms with E-state index in [4.69, 9.17) is 5.73 Å². The summed E-state index contributed by atoms with van der Waals surface area (Å²) >= 11 is 1.71. The van der Waals surface area contributed by atoms with Gasteiger partial charge in [-0.3, -0.25) is 9.79 Å². The number of amides is 1. The Hall–Kier alpha value is -1.49. The van der Waals surface area contributed by atoms with Crippen molar-refractivity contribution in [3.63, 3.8) is 0 Å². The molecule has 5 heteroatoms. The molecule has 0 radical (unpaired) electrons. The van der Waals surface area contributed by atoms with Crippen molar-refractivity contribution in [2.75, 3.05) is 11.1 Å². The summed E-state index contributed by atoms with van der Waals surface area (Å²) in [5, 5.41) is 4.17. The molecule has 1 aliphatic rings. The number of nitrogens with zero attached hydrogens (tertiary/aromatic N) is 1. The first-order valence-electron chi connectivity index (χ1n) is 6.06. The van der Waals surface area contributed by atoms with E-state index in [0.29, 0.717) is 11.6 Å². The predicted octanol–water partition coefficient (Wildman–Crippen LogP) is 2.47. The summed E-state index contributed by atoms with van der Waals surface area (Å²) < 4.78 is 0. The third-order valence-corrected chi connectivity index (χ3v) is 3.78. The highest BCUT2D eigenvalue weighted by Gasteiger charge is 2.14. The Morgan fingerprint density at radius 2 is 2.44 bits per heavy atom. The molecule has 1 heterocycles. The van der Waals surface area contributed by atoms with Gasteiger partial charge in [0.1, 0.15) is 0 Å². The van der Waals surface area contributed by atoms with Gasteiger partial charge in [0, 0.05) is 17.0 Å². The Balaban J connectivity index is 2.11. The Morgan fingerprint density at radius 3 is 3.17 bits per heavy atom. The second kappa shape index (κ2) is 5.91. The summed E-state index contributed by atoms with van der Waals surface area (Å²) in [6.45, 7) is 2.15. The maximum absolute atomic E-state index is 11.1. The van der Waals surface area contributed by atoms with E-state index in [1.165, 1.54) is 0 Å². The minimum Gasteiger partial charge on any atom is -0.366 e. The second-order valence-corrected chi connectivity index (χ2v) is 5.29. The number of carbonyl (C=O) groups is 1. The number of carbonyl (C=O) groups excluding carboxylic acids is 1. The van der Waals surface area contributed by atoms with E-state index in [-0.39, 0.29) is 0 Å². The molecule has 3 N–H and O–H groups in total. The van der Waals surface area contributed by atoms with Gasteiger partial charge in [-0.25, -0.2) is 0 Å². The SMILES string of the molecule is CCC1CCSC(Nc2cccc(C(N)=O)c2)=N1. The molecule has 0 saturated heterocycles. The van der Waals surface area contributed by atoms with Crippen LogP contribution < -0.4 is 11.1 Å². The van der Waals surface area contributed by atoms with Crippen molar-refractivity contribution in [3.05, 3.63) is 29.8 Å². The molecule has 1 unspecified atom stereocenters. The summed E-state index contributed by atoms with van der Waals surface area (Å²) in [7, 11) is 0. The molecule has 1 aromatic rings. The summed E-state index contributed by atoms with van der Waals surface area (Å²) in [4.78, 5) is 15.7. The van der Waals surface area contributed by atoms with E-state index in [2.05, 4.69) is 17.2 Å². The molecule has 18 heavy (non-hydrogen) atoms. The lowest BCUT2D eigenvalue weighted by atomic mass is 10.2. The van der Waals surface area contributed by atoms with Crippen LogP contribution in [0.5, 0.6) is 0 Å². The van der Waals surface area contributed by atoms with Crippen molar-refractivity contribution in [2.24, 2.45) is 10.7 Å². The van der Waals surface area contributed by atoms with E-state index in [1.807, 2.05) is 12.1 Å². The molecule has 0 bridgehead atoms. The highest BCUT2D eigenvalue weighted by Crippen LogP contribution is 2.21. The molecule has 1 atom stereocenters. The fourth-order valence-corrected chi connectivity index (χ4v) is 2.79. The summed E-state index contributed by atoms with van der Waals surface area (Å²) in [6, 6.07) is 7.59. The first-order chi connectivity index (χ1) is 8.69. The molecule has 4 nitrogen and oxygen atoms in total. The Kier molecular flexibility index (Phi) is 4.25. The highest BCUT2D eigenvalue weighted by molar-refractivity contribution is 8.14. The smallest absolute Gasteiger partial charge is 0.248 e. The average Bonchev–Trinajstić information content (AvgIpc) is 2.39. The maximum Gasteiger partial charge on any atom is 0.248 e. The largest absolute Gasteiger partial charge is 0.366 e. The molecule has 0 saturated carbocycles. The first kappa shape index (κ1) is 13.0. The number of anilines is 1. The van der Waals surface area contributed by atoms with Crippen molar-refractivity contribution < 1.29 is 4.79 Å². The molecule has 96 valence electrons. The number of thioether (sulfide) groups is 1. The molecule has 2 rings (SSSR count). The van der Waals surface area contributed by atoms with Gasteiger partial charge in [-0.05, 0) is 31.0 Å². The Labute approximate surface area is 111 Å². The fraction of sp³-hybridized carbons (Fsp3) is 0.385. The summed E-state index contributed by atoms with van der Waals surface area (Å²) in [5.41, 5.74) is 6.62. The van der Waals surface area contributed by atoms with Gasteiger partial charge in [-0.1, -0.05) is 24.8 Å². The normalized spacial score (nSPS) is 19.2. The molecular formula is C13H17N3OS. The van der Waals surface area contributed by atoms with Crippen LogP contribution in [0.2, 0.25) is 0 Å². The van der Waals surface area contributed by atoms with Gasteiger partial charge >= 0.3 is 0 Å². The van der Waals surface area contributed by atoms with Crippen LogP contribution in [0, 0.1) is 0 Å². The number of amidine groups is 1. The molecule has 1 aliphatic heterocycles. The van der Waals surface area contributed by atoms with Gasteiger partial charge in [0.25, 0.3) is 0 Å². The number of nitrogens with one attached hydrogen (secondary N) is 1. The number of aliphatic imine (C=N–C) groups is 1. The molecule has 0 aliphatic carbocycles. The molecular weight excluding hydrogens is 246 g/mol. The van der Waals surface area contributed by atoms with Crippen LogP contribution in [0.4, 0.5) is 5.69 Å². The third-order valence-electron chi connectivity index (χ3n) is 2.86. The van der Waals surface area contributed by atoms with Crippen LogP contribution in [0.3, 0.4) is 0 Å². The average molecular weight is 263 g/mol. The lowest BCUT2D eigenvalue weighted by Crippen LogP contribution is -2.20. The Bertz CT molecular complexity index is 473. The molecule has 0 aromatic heterocycles. The lowest BCUT2D eigenvalue weighted by Gasteiger charge is -2.19. The third kappa shape index (κ3) is 3.26. The van der Waals surface area contributed by atoms with Crippen LogP contribution in [0.1, 0.15) is 30.1 Å². The fourth-order valence-electron chi connectivity index (χ4n) is 1.80. The molecule has 1 aromatic carbocycles. The predicted molar refractivity (Wildman–Crippen MR) is 77.2 cm³/mol. The number of nitrogens with two attached hydrogens (primary N) is 1. The van der Waals surface area contributed by atoms with Crippen LogP contribution in [-0.4, -0.2) is 22.9 Å². The zero-order valence-electron chi connectivity index (χ0n) is 10.3. The van der Waals surface area contributed by atoms with Gasteiger partial charge in [0.2, 0.25) is 5.91 Å². The summed E-state index contributed by atoms with van der Waals surface area (Å²) in [5.74, 6) is 0.670. The second-order valence-electron chi connectivity index (χ2n) is 4.20. The lowest BCUT2D eigenvalue weighted by molar-refractivity contribution is 0.100. The minimum atomic E-state index is -0.414. The minimum absolute atomic E-state index is 0.410. The van der Waals surface area contributed by atoms with Crippen molar-refractivity contribution >= 4 is 28.5 Å². The number of primary amides is 1. The standard InChI is InChI=1S/C13H17N3OS/c1-2-10-6-7-18-13(15-10)16-11-5-3-4-9(8-11)12(14)17/h3-5,8,10H,2,6-7H2,1H3,(H2,14,17)(H,15,16). The zero-order valence-corrected chi connectivity index (χ0v) is 11.2. The van der Waals surface area contributed by atoms with Crippen LogP contribution in [0.15, 0.2) is 29.3 Å². The number of rotatable bonds is 3. The van der Waals surface area contributed by atoms with Gasteiger partial charge in [-0.2, -0.15) is 0 Å². The highest BCUT2D eigenvalue weighted by atomic mass is 32.2. The zero-order chi connectivity index (χ0) is 13.0. The topological polar surface area (TPSA) is 67.5 Å². The van der Waals surface area contributed by atoms with Crippen molar-refractivity contribution in [1.29, 1.82) is 0 Å². The van der Waals surface area contributed by atoms with Gasteiger partial charge < -0.3 is 11.1 Å². The van der Waals surface area contributed by atoms with Crippen molar-refractivity contribution in [1.82, 2.24) is 0 Å².